The van der Waals surface area contributed by atoms with Crippen molar-refractivity contribution in [1.29, 1.82) is 0 Å². The Kier molecular flexibility index (Phi) is 33.5. The zero-order valence-corrected chi connectivity index (χ0v) is 47.4. The highest BCUT2D eigenvalue weighted by Crippen LogP contribution is 2.67. The minimum Gasteiger partial charge on any atom is -0.387 e. The number of hydrogen-bond acceptors (Lipinski definition) is 19. The standard InChI is InChI=1S/C25H40N5O18P3S.3C6H15N/c31-17(7-4-3-6-16-20-14(13-52-16)27-24(36)29-20)26-10-5-1-2-8-19(33)46-50(40,41)48-51(42,43)47-49(38,39)44-12-15-21(34)22(35)23(45-15)30-11-9-18(32)28-25(30)37;3*1-4-7(5-2)6-3/h9,11,14-16,20-23,34-35H,1-8,10,12-13H2,(H,26,31)(H,38,39)(H,40,41)(H,42,43)(H2,27,29,36)(H,28,32,37);3*4-6H2,1-3H3. The van der Waals surface area contributed by atoms with Crippen molar-refractivity contribution in [3.05, 3.63) is 33.1 Å². The Morgan fingerprint density at radius 3 is 1.79 bits per heavy atom. The predicted octanol–water partition coefficient (Wildman–Crippen LogP) is 3.50. The number of rotatable bonds is 29. The number of aromatic nitrogens is 2. The number of urea groups is 1. The highest BCUT2D eigenvalue weighted by Gasteiger charge is 2.48. The van der Waals surface area contributed by atoms with Crippen LogP contribution in [0.4, 0.5) is 4.79 Å². The Bertz CT molecular complexity index is 1990. The van der Waals surface area contributed by atoms with Gasteiger partial charge in [-0.15, -0.1) is 0 Å². The number of unbranched alkanes of at least 4 members (excludes halogenated alkanes) is 3. The first-order chi connectivity index (χ1) is 34.4. The lowest BCUT2D eigenvalue weighted by molar-refractivity contribution is -0.135. The molecular weight excluding hydrogens is 1040 g/mol. The smallest absolute Gasteiger partial charge is 0.387 e. The van der Waals surface area contributed by atoms with Crippen LogP contribution in [0.25, 0.3) is 0 Å². The van der Waals surface area contributed by atoms with Crippen LogP contribution in [-0.2, 0) is 45.7 Å². The molecule has 0 bridgehead atoms. The minimum atomic E-state index is -5.94. The molecule has 0 spiro atoms. The molecule has 0 aromatic carbocycles. The summed E-state index contributed by atoms with van der Waals surface area (Å²) >= 11 is 1.80. The van der Waals surface area contributed by atoms with Crippen LogP contribution in [0.5, 0.6) is 0 Å². The second kappa shape index (κ2) is 35.7. The van der Waals surface area contributed by atoms with Gasteiger partial charge in [-0.05, 0) is 84.6 Å². The Morgan fingerprint density at radius 1 is 0.740 bits per heavy atom. The second-order valence-corrected chi connectivity index (χ2v) is 22.6. The maximum absolute atomic E-state index is 12.2. The van der Waals surface area contributed by atoms with Crippen LogP contribution in [0.2, 0.25) is 0 Å². The van der Waals surface area contributed by atoms with E-state index in [4.69, 9.17) is 4.74 Å². The van der Waals surface area contributed by atoms with Gasteiger partial charge in [0.05, 0.1) is 18.7 Å². The van der Waals surface area contributed by atoms with Crippen molar-refractivity contribution in [1.82, 2.24) is 40.2 Å². The molecule has 73 heavy (non-hydrogen) atoms. The average Bonchev–Trinajstić information content (AvgIpc) is 3.97. The van der Waals surface area contributed by atoms with Crippen molar-refractivity contribution >= 4 is 53.1 Å². The fraction of sp³-hybridized carbons (Fsp3) is 0.837. The molecule has 0 saturated carbocycles. The van der Waals surface area contributed by atoms with Crippen LogP contribution in [0.15, 0.2) is 21.9 Å². The fourth-order valence-electron chi connectivity index (χ4n) is 7.56. The highest BCUT2D eigenvalue weighted by molar-refractivity contribution is 8.00. The molecule has 3 fully saturated rings. The van der Waals surface area contributed by atoms with Gasteiger partial charge in [0.15, 0.2) is 6.23 Å². The van der Waals surface area contributed by atoms with Crippen molar-refractivity contribution in [3.63, 3.8) is 0 Å². The van der Waals surface area contributed by atoms with Crippen LogP contribution in [-0.4, -0.2) is 181 Å². The summed E-state index contributed by atoms with van der Waals surface area (Å²) in [5.74, 6) is -0.600. The Hall–Kier alpha value is -2.55. The number of ether oxygens (including phenoxy) is 1. The number of aliphatic hydroxyl groups is 2. The van der Waals surface area contributed by atoms with Gasteiger partial charge in [0.1, 0.15) is 18.3 Å². The molecule has 426 valence electrons. The number of carbonyl (C=O) groups is 3. The molecule has 1 aromatic heterocycles. The third kappa shape index (κ3) is 26.9. The van der Waals surface area contributed by atoms with Gasteiger partial charge in [-0.25, -0.2) is 23.3 Å². The fourth-order valence-corrected chi connectivity index (χ4v) is 12.6. The van der Waals surface area contributed by atoms with E-state index in [1.54, 1.807) is 11.8 Å². The van der Waals surface area contributed by atoms with Gasteiger partial charge in [0, 0.05) is 42.7 Å². The summed E-state index contributed by atoms with van der Waals surface area (Å²) in [4.78, 5) is 97.1. The quantitative estimate of drug-likeness (QED) is 0.0315. The van der Waals surface area contributed by atoms with E-state index in [0.29, 0.717) is 42.0 Å². The largest absolute Gasteiger partial charge is 0.538 e. The Labute approximate surface area is 433 Å². The molecule has 3 amide bonds. The first-order valence-corrected chi connectivity index (χ1v) is 30.7. The van der Waals surface area contributed by atoms with E-state index in [0.717, 1.165) is 30.9 Å². The van der Waals surface area contributed by atoms with Gasteiger partial charge in [0.25, 0.3) is 5.56 Å². The molecule has 0 aliphatic carbocycles. The van der Waals surface area contributed by atoms with E-state index in [9.17, 15) is 62.6 Å². The number of carbonyl (C=O) groups excluding carboxylic acids is 3. The number of aromatic amines is 1. The molecular formula is C43H85N8O18P3S. The average molecular weight is 1130 g/mol. The highest BCUT2D eigenvalue weighted by atomic mass is 32.2. The van der Waals surface area contributed by atoms with Crippen LogP contribution in [0, 0.1) is 0 Å². The molecule has 1 aromatic rings. The summed E-state index contributed by atoms with van der Waals surface area (Å²) in [5.41, 5.74) is -1.79. The molecule has 3 aliphatic heterocycles. The number of fused-ring (bicyclic) bond motifs is 1. The van der Waals surface area contributed by atoms with E-state index < -0.39 is 78.3 Å². The topological polar surface area (TPSA) is 350 Å². The third-order valence-corrected chi connectivity index (χ3v) is 17.7. The van der Waals surface area contributed by atoms with Gasteiger partial charge in [0.2, 0.25) is 5.91 Å². The van der Waals surface area contributed by atoms with Gasteiger partial charge in [-0.2, -0.15) is 20.4 Å². The lowest BCUT2D eigenvalue weighted by Gasteiger charge is -2.20. The number of nitrogens with one attached hydrogen (secondary N) is 4. The molecule has 10 unspecified atom stereocenters. The summed E-state index contributed by atoms with van der Waals surface area (Å²) in [6.45, 7) is 29.6. The van der Waals surface area contributed by atoms with E-state index in [1.165, 1.54) is 58.9 Å². The molecule has 3 saturated heterocycles. The van der Waals surface area contributed by atoms with Crippen molar-refractivity contribution in [3.8, 4) is 0 Å². The molecule has 9 N–H and O–H groups in total. The molecule has 0 radical (unpaired) electrons. The van der Waals surface area contributed by atoms with E-state index >= 15 is 0 Å². The lowest BCUT2D eigenvalue weighted by atomic mass is 10.0. The van der Waals surface area contributed by atoms with Gasteiger partial charge in [-0.3, -0.25) is 33.4 Å². The first-order valence-electron chi connectivity index (χ1n) is 25.1. The molecule has 4 rings (SSSR count). The number of H-pyrrole nitrogens is 1. The van der Waals surface area contributed by atoms with E-state index in [1.807, 2.05) is 4.98 Å². The zero-order valence-electron chi connectivity index (χ0n) is 43.9. The SMILES string of the molecule is CCN(CC)CC.CCN(CC)CC.CCN(CC)CC.O=C(CCCCC1SCC2NC(=O)NC21)NCCCCCC(=O)OP(=O)(O)OP(=O)(O)OP(=O)(O)OCC1OC(n2ccc(=O)[nH]c2=O)C(O)C1O. The summed E-state index contributed by atoms with van der Waals surface area (Å²) in [5, 5.41) is 29.3. The Balaban J connectivity index is 0.00000106. The summed E-state index contributed by atoms with van der Waals surface area (Å²) < 4.78 is 58.9. The monoisotopic (exact) mass is 1130 g/mol. The molecule has 3 aliphatic rings. The normalized spacial score (nSPS) is 23.5. The molecule has 4 heterocycles. The number of nitrogens with zero attached hydrogens (tertiary/aromatic N) is 4. The third-order valence-electron chi connectivity index (χ3n) is 12.0. The maximum atomic E-state index is 12.2. The molecule has 30 heteroatoms. The summed E-state index contributed by atoms with van der Waals surface area (Å²) in [6.07, 6.45) is -2.66. The van der Waals surface area contributed by atoms with Gasteiger partial charge in [-0.1, -0.05) is 75.2 Å². The summed E-state index contributed by atoms with van der Waals surface area (Å²) in [7, 11) is -17.3. The van der Waals surface area contributed by atoms with Gasteiger partial charge >= 0.3 is 41.2 Å². The number of amides is 3. The van der Waals surface area contributed by atoms with Crippen LogP contribution in [0.3, 0.4) is 0 Å². The van der Waals surface area contributed by atoms with Gasteiger partial charge < -0.3 is 59.9 Å². The molecule has 10 atom stereocenters. The summed E-state index contributed by atoms with van der Waals surface area (Å²) in [6, 6.07) is 1.02. The van der Waals surface area contributed by atoms with Crippen LogP contribution < -0.4 is 27.2 Å². The van der Waals surface area contributed by atoms with Crippen LogP contribution in [0.1, 0.15) is 120 Å². The lowest BCUT2D eigenvalue weighted by Crippen LogP contribution is -2.37. The Morgan fingerprint density at radius 2 is 1.27 bits per heavy atom. The van der Waals surface area contributed by atoms with E-state index in [-0.39, 0.29) is 30.4 Å². The zero-order chi connectivity index (χ0) is 55.4. The second-order valence-electron chi connectivity index (χ2n) is 16.8. The van der Waals surface area contributed by atoms with Crippen molar-refractivity contribution < 1.29 is 75.4 Å². The number of aliphatic hydroxyl groups excluding tert-OH is 2. The van der Waals surface area contributed by atoms with Crippen molar-refractivity contribution in [2.45, 2.75) is 156 Å². The van der Waals surface area contributed by atoms with Crippen LogP contribution >= 0.6 is 35.2 Å². The minimum absolute atomic E-state index is 0.111. The van der Waals surface area contributed by atoms with E-state index in [2.05, 4.69) is 111 Å². The number of thioether (sulfide) groups is 1. The van der Waals surface area contributed by atoms with Crippen molar-refractivity contribution in [2.75, 3.05) is 77.8 Å². The maximum Gasteiger partial charge on any atom is 0.538 e. The first kappa shape index (κ1) is 68.5. The number of hydrogen-bond donors (Lipinski definition) is 9. The molecule has 26 nitrogen and oxygen atoms in total. The number of phosphoric acid groups is 3. The van der Waals surface area contributed by atoms with Crippen molar-refractivity contribution in [2.24, 2.45) is 0 Å². The number of phosphoric ester groups is 2. The predicted molar refractivity (Wildman–Crippen MR) is 277 cm³/mol.